The summed E-state index contributed by atoms with van der Waals surface area (Å²) in [4.78, 5) is 0. The average molecular weight is 382 g/mol. The van der Waals surface area contributed by atoms with Gasteiger partial charge in [0.2, 0.25) is 0 Å². The first kappa shape index (κ1) is 20.7. The number of benzene rings is 2. The van der Waals surface area contributed by atoms with Crippen LogP contribution >= 0.6 is 0 Å². The van der Waals surface area contributed by atoms with Crippen LogP contribution in [0.1, 0.15) is 49.7 Å². The number of halogens is 2. The Hall–Kier alpha value is -1.63. The lowest BCUT2D eigenvalue weighted by Crippen LogP contribution is -2.15. The van der Waals surface area contributed by atoms with Gasteiger partial charge in [-0.15, -0.1) is 0 Å². The summed E-state index contributed by atoms with van der Waals surface area (Å²) in [6, 6.07) is 13.0. The predicted octanol–water partition coefficient (Wildman–Crippen LogP) is 5.26. The molecule has 2 rings (SSSR count). The molecule has 0 saturated heterocycles. The Kier molecular flexibility index (Phi) is 8.35. The quantitative estimate of drug-likeness (QED) is 0.562. The van der Waals surface area contributed by atoms with E-state index in [2.05, 4.69) is 0 Å². The van der Waals surface area contributed by atoms with Gasteiger partial charge in [-0.3, -0.25) is 8.37 Å². The molecular formula is C20H24F2O3S. The van der Waals surface area contributed by atoms with Crippen molar-refractivity contribution in [2.24, 2.45) is 0 Å². The van der Waals surface area contributed by atoms with Crippen LogP contribution in [0.25, 0.3) is 0 Å². The van der Waals surface area contributed by atoms with E-state index in [1.165, 1.54) is 12.1 Å². The summed E-state index contributed by atoms with van der Waals surface area (Å²) in [5, 5.41) is 0. The van der Waals surface area contributed by atoms with Gasteiger partial charge in [-0.05, 0) is 36.1 Å². The minimum atomic E-state index is -1.97. The monoisotopic (exact) mass is 382 g/mol. The largest absolute Gasteiger partial charge is 0.304 e. The summed E-state index contributed by atoms with van der Waals surface area (Å²) in [5.74, 6) is -1.03. The molecule has 3 nitrogen and oxygen atoms in total. The highest BCUT2D eigenvalue weighted by molar-refractivity contribution is 7.75. The average Bonchev–Trinajstić information content (AvgIpc) is 2.65. The molecule has 0 N–H and O–H groups in total. The van der Waals surface area contributed by atoms with Crippen LogP contribution in [0.2, 0.25) is 0 Å². The Balaban J connectivity index is 1.88. The Morgan fingerprint density at radius 3 is 1.54 bits per heavy atom. The van der Waals surface area contributed by atoms with Gasteiger partial charge in [-0.25, -0.2) is 8.78 Å². The van der Waals surface area contributed by atoms with E-state index in [-0.39, 0.29) is 36.7 Å². The lowest BCUT2D eigenvalue weighted by molar-refractivity contribution is 0.222. The lowest BCUT2D eigenvalue weighted by Gasteiger charge is -2.17. The van der Waals surface area contributed by atoms with Crippen molar-refractivity contribution in [2.75, 3.05) is 13.2 Å². The van der Waals surface area contributed by atoms with Gasteiger partial charge in [0.1, 0.15) is 11.6 Å². The van der Waals surface area contributed by atoms with Crippen molar-refractivity contribution >= 4 is 11.4 Å². The van der Waals surface area contributed by atoms with Crippen LogP contribution < -0.4 is 0 Å². The maximum atomic E-state index is 13.9. The van der Waals surface area contributed by atoms with E-state index >= 15 is 0 Å². The number of hydrogen-bond donors (Lipinski definition) is 0. The van der Waals surface area contributed by atoms with E-state index in [1.807, 2.05) is 13.8 Å². The molecule has 26 heavy (non-hydrogen) atoms. The van der Waals surface area contributed by atoms with Gasteiger partial charge in [0.15, 0.2) is 0 Å². The SMILES string of the molecule is CCC(COS(=O)OCC(CC)c1ccccc1F)c1ccccc1F. The van der Waals surface area contributed by atoms with Gasteiger partial charge in [-0.1, -0.05) is 50.2 Å². The van der Waals surface area contributed by atoms with E-state index < -0.39 is 11.4 Å². The molecule has 0 aromatic heterocycles. The Morgan fingerprint density at radius 2 is 1.19 bits per heavy atom. The van der Waals surface area contributed by atoms with Gasteiger partial charge in [0, 0.05) is 11.8 Å². The van der Waals surface area contributed by atoms with Crippen LogP contribution in [-0.4, -0.2) is 17.4 Å². The van der Waals surface area contributed by atoms with E-state index in [1.54, 1.807) is 36.4 Å². The van der Waals surface area contributed by atoms with Crippen molar-refractivity contribution in [1.82, 2.24) is 0 Å². The topological polar surface area (TPSA) is 35.5 Å². The van der Waals surface area contributed by atoms with Crippen molar-refractivity contribution in [2.45, 2.75) is 38.5 Å². The summed E-state index contributed by atoms with van der Waals surface area (Å²) < 4.78 is 50.3. The van der Waals surface area contributed by atoms with Crippen LogP contribution in [0.3, 0.4) is 0 Å². The summed E-state index contributed by atoms with van der Waals surface area (Å²) in [7, 11) is 0. The van der Waals surface area contributed by atoms with Crippen LogP contribution in [0.4, 0.5) is 8.78 Å². The zero-order valence-corrected chi connectivity index (χ0v) is 15.8. The predicted molar refractivity (Wildman–Crippen MR) is 98.9 cm³/mol. The third kappa shape index (κ3) is 5.69. The summed E-state index contributed by atoms with van der Waals surface area (Å²) >= 11 is -1.97. The highest BCUT2D eigenvalue weighted by Gasteiger charge is 2.18. The second-order valence-electron chi connectivity index (χ2n) is 6.03. The molecule has 2 atom stereocenters. The minimum absolute atomic E-state index is 0.0839. The van der Waals surface area contributed by atoms with E-state index in [0.29, 0.717) is 24.0 Å². The van der Waals surface area contributed by atoms with Crippen molar-refractivity contribution in [3.05, 3.63) is 71.3 Å². The van der Waals surface area contributed by atoms with Gasteiger partial charge in [0.25, 0.3) is 0 Å². The first-order valence-electron chi connectivity index (χ1n) is 8.73. The molecule has 0 aliphatic rings. The first-order chi connectivity index (χ1) is 12.6. The molecule has 0 saturated carbocycles. The van der Waals surface area contributed by atoms with Gasteiger partial charge in [-0.2, -0.15) is 4.21 Å². The zero-order chi connectivity index (χ0) is 18.9. The smallest absolute Gasteiger partial charge is 0.268 e. The Morgan fingerprint density at radius 1 is 0.808 bits per heavy atom. The van der Waals surface area contributed by atoms with Crippen molar-refractivity contribution in [3.8, 4) is 0 Å². The summed E-state index contributed by atoms with van der Waals surface area (Å²) in [6.45, 7) is 3.99. The maximum Gasteiger partial charge on any atom is 0.304 e. The van der Waals surface area contributed by atoms with Crippen molar-refractivity contribution in [1.29, 1.82) is 0 Å². The number of rotatable bonds is 10. The molecular weight excluding hydrogens is 358 g/mol. The molecule has 0 bridgehead atoms. The molecule has 0 fully saturated rings. The molecule has 0 aliphatic heterocycles. The van der Waals surface area contributed by atoms with Crippen LogP contribution in [-0.2, 0) is 19.7 Å². The van der Waals surface area contributed by atoms with Gasteiger partial charge < -0.3 is 0 Å². The minimum Gasteiger partial charge on any atom is -0.268 e. The number of hydrogen-bond acceptors (Lipinski definition) is 3. The van der Waals surface area contributed by atoms with E-state index in [9.17, 15) is 13.0 Å². The fraction of sp³-hybridized carbons (Fsp3) is 0.400. The standard InChI is InChI=1S/C20H24F2O3S/c1-3-15(17-9-5-7-11-19(17)21)13-24-26(23)25-14-16(4-2)18-10-6-8-12-20(18)22/h5-12,15-16H,3-4,13-14H2,1-2H3. The van der Waals surface area contributed by atoms with Gasteiger partial charge in [0.05, 0.1) is 13.2 Å². The highest BCUT2D eigenvalue weighted by Crippen LogP contribution is 2.25. The van der Waals surface area contributed by atoms with Crippen molar-refractivity contribution in [3.63, 3.8) is 0 Å². The van der Waals surface area contributed by atoms with Gasteiger partial charge >= 0.3 is 11.4 Å². The fourth-order valence-corrected chi connectivity index (χ4v) is 3.40. The lowest BCUT2D eigenvalue weighted by atomic mass is 9.97. The van der Waals surface area contributed by atoms with Crippen LogP contribution in [0.5, 0.6) is 0 Å². The highest BCUT2D eigenvalue weighted by atomic mass is 32.2. The first-order valence-corrected chi connectivity index (χ1v) is 9.73. The molecule has 0 spiro atoms. The molecule has 0 heterocycles. The van der Waals surface area contributed by atoms with E-state index in [0.717, 1.165) is 0 Å². The van der Waals surface area contributed by atoms with Crippen molar-refractivity contribution < 1.29 is 21.4 Å². The Labute approximate surface area is 156 Å². The molecule has 142 valence electrons. The molecule has 0 amide bonds. The third-order valence-electron chi connectivity index (χ3n) is 4.41. The third-order valence-corrected chi connectivity index (χ3v) is 5.06. The second kappa shape index (κ2) is 10.5. The van der Waals surface area contributed by atoms with Crippen LogP contribution in [0.15, 0.2) is 48.5 Å². The molecule has 2 unspecified atom stereocenters. The fourth-order valence-electron chi connectivity index (χ4n) is 2.78. The second-order valence-corrected chi connectivity index (χ2v) is 6.91. The normalized spacial score (nSPS) is 14.8. The zero-order valence-electron chi connectivity index (χ0n) is 15.0. The molecule has 2 aromatic carbocycles. The maximum absolute atomic E-state index is 13.9. The van der Waals surface area contributed by atoms with E-state index in [4.69, 9.17) is 8.37 Å². The Bertz CT molecular complexity index is 664. The summed E-state index contributed by atoms with van der Waals surface area (Å²) in [5.41, 5.74) is 1.06. The molecule has 6 heteroatoms. The van der Waals surface area contributed by atoms with Crippen LogP contribution in [0, 0.1) is 11.6 Å². The molecule has 0 radical (unpaired) electrons. The summed E-state index contributed by atoms with van der Waals surface area (Å²) in [6.07, 6.45) is 1.29. The molecule has 2 aromatic rings. The molecule has 0 aliphatic carbocycles.